The van der Waals surface area contributed by atoms with E-state index in [9.17, 15) is 0 Å². The topological polar surface area (TPSA) is 35.8 Å². The number of hydrogen-bond donors (Lipinski definition) is 1. The van der Waals surface area contributed by atoms with Gasteiger partial charge in [0.15, 0.2) is 0 Å². The molecule has 0 aliphatic carbocycles. The average Bonchev–Trinajstić information content (AvgIpc) is 2.51. The molecule has 0 atom stereocenters. The number of anilines is 2. The van der Waals surface area contributed by atoms with Crippen molar-refractivity contribution in [1.82, 2.24) is 0 Å². The lowest BCUT2D eigenvalue weighted by Gasteiger charge is -2.11. The Hall–Kier alpha value is -2.31. The third kappa shape index (κ3) is 2.38. The second-order valence-electron chi connectivity index (χ2n) is 4.46. The van der Waals surface area contributed by atoms with Crippen LogP contribution in [0.2, 0.25) is 0 Å². The Balaban J connectivity index is 2.07. The molecule has 0 saturated heterocycles. The van der Waals surface area contributed by atoms with Crippen molar-refractivity contribution in [3.8, 4) is 6.07 Å². The zero-order chi connectivity index (χ0) is 13.9. The van der Waals surface area contributed by atoms with E-state index in [1.54, 1.807) is 6.07 Å². The summed E-state index contributed by atoms with van der Waals surface area (Å²) in [6, 6.07) is 21.9. The van der Waals surface area contributed by atoms with Crippen LogP contribution in [-0.2, 0) is 0 Å². The monoisotopic (exact) mass is 322 g/mol. The molecule has 0 aromatic heterocycles. The first kappa shape index (κ1) is 12.7. The molecule has 0 spiro atoms. The summed E-state index contributed by atoms with van der Waals surface area (Å²) in [5, 5.41) is 14.6. The normalized spacial score (nSPS) is 10.2. The van der Waals surface area contributed by atoms with Crippen molar-refractivity contribution in [3.05, 3.63) is 70.7 Å². The standard InChI is InChI=1S/C17H11BrN2/c18-16-8-9-17(15-7-2-1-6-14(15)16)20-13-5-3-4-12(10-13)11-19/h1-10,20H. The molecule has 0 aliphatic rings. The van der Waals surface area contributed by atoms with E-state index in [0.29, 0.717) is 5.56 Å². The van der Waals surface area contributed by atoms with Crippen LogP contribution in [0.15, 0.2) is 65.1 Å². The quantitative estimate of drug-likeness (QED) is 0.702. The lowest BCUT2D eigenvalue weighted by atomic mass is 10.1. The van der Waals surface area contributed by atoms with Crippen molar-refractivity contribution in [3.63, 3.8) is 0 Å². The van der Waals surface area contributed by atoms with Crippen LogP contribution >= 0.6 is 15.9 Å². The Bertz CT molecular complexity index is 819. The number of nitrogens with one attached hydrogen (secondary N) is 1. The van der Waals surface area contributed by atoms with Crippen molar-refractivity contribution in [2.24, 2.45) is 0 Å². The van der Waals surface area contributed by atoms with Gasteiger partial charge in [0.05, 0.1) is 11.6 Å². The van der Waals surface area contributed by atoms with Crippen LogP contribution in [0.4, 0.5) is 11.4 Å². The summed E-state index contributed by atoms with van der Waals surface area (Å²) >= 11 is 3.57. The average molecular weight is 323 g/mol. The van der Waals surface area contributed by atoms with E-state index in [-0.39, 0.29) is 0 Å². The Labute approximate surface area is 125 Å². The van der Waals surface area contributed by atoms with Gasteiger partial charge in [-0.1, -0.05) is 46.3 Å². The Morgan fingerprint density at radius 3 is 2.50 bits per heavy atom. The van der Waals surface area contributed by atoms with Gasteiger partial charge >= 0.3 is 0 Å². The molecule has 0 amide bonds. The molecule has 20 heavy (non-hydrogen) atoms. The van der Waals surface area contributed by atoms with Gasteiger partial charge < -0.3 is 5.32 Å². The van der Waals surface area contributed by atoms with E-state index in [0.717, 1.165) is 26.6 Å². The molecule has 3 aromatic carbocycles. The molecule has 2 nitrogen and oxygen atoms in total. The van der Waals surface area contributed by atoms with Crippen LogP contribution in [0.3, 0.4) is 0 Å². The van der Waals surface area contributed by atoms with Crippen molar-refractivity contribution >= 4 is 38.1 Å². The van der Waals surface area contributed by atoms with Gasteiger partial charge in [-0.15, -0.1) is 0 Å². The highest BCUT2D eigenvalue weighted by Gasteiger charge is 2.04. The van der Waals surface area contributed by atoms with Crippen LogP contribution in [0.25, 0.3) is 10.8 Å². The lowest BCUT2D eigenvalue weighted by molar-refractivity contribution is 1.47. The molecular formula is C17H11BrN2. The number of halogens is 1. The first-order chi connectivity index (χ1) is 9.78. The number of hydrogen-bond acceptors (Lipinski definition) is 2. The van der Waals surface area contributed by atoms with Crippen molar-refractivity contribution < 1.29 is 0 Å². The van der Waals surface area contributed by atoms with Crippen LogP contribution in [0.5, 0.6) is 0 Å². The Morgan fingerprint density at radius 1 is 0.900 bits per heavy atom. The highest BCUT2D eigenvalue weighted by Crippen LogP contribution is 2.31. The molecule has 0 heterocycles. The maximum Gasteiger partial charge on any atom is 0.0992 e. The van der Waals surface area contributed by atoms with Gasteiger partial charge in [0.1, 0.15) is 0 Å². The molecule has 1 N–H and O–H groups in total. The minimum atomic E-state index is 0.649. The van der Waals surface area contributed by atoms with Crippen molar-refractivity contribution in [2.75, 3.05) is 5.32 Å². The SMILES string of the molecule is N#Cc1cccc(Nc2ccc(Br)c3ccccc23)c1. The summed E-state index contributed by atoms with van der Waals surface area (Å²) in [6.45, 7) is 0. The largest absolute Gasteiger partial charge is 0.355 e. The minimum Gasteiger partial charge on any atom is -0.355 e. The highest BCUT2D eigenvalue weighted by atomic mass is 79.9. The van der Waals surface area contributed by atoms with E-state index in [2.05, 4.69) is 39.4 Å². The van der Waals surface area contributed by atoms with Gasteiger partial charge in [0.2, 0.25) is 0 Å². The molecule has 3 aromatic rings. The maximum absolute atomic E-state index is 8.95. The first-order valence-corrected chi connectivity index (χ1v) is 7.01. The summed E-state index contributed by atoms with van der Waals surface area (Å²) in [5.41, 5.74) is 2.59. The molecule has 3 rings (SSSR count). The third-order valence-corrected chi connectivity index (χ3v) is 3.83. The first-order valence-electron chi connectivity index (χ1n) is 6.22. The lowest BCUT2D eigenvalue weighted by Crippen LogP contribution is -1.92. The van der Waals surface area contributed by atoms with Gasteiger partial charge in [0.25, 0.3) is 0 Å². The Morgan fingerprint density at radius 2 is 1.70 bits per heavy atom. The van der Waals surface area contributed by atoms with Gasteiger partial charge in [-0.3, -0.25) is 0 Å². The summed E-state index contributed by atoms with van der Waals surface area (Å²) in [5.74, 6) is 0. The predicted octanol–water partition coefficient (Wildman–Crippen LogP) is 5.22. The number of rotatable bonds is 2. The van der Waals surface area contributed by atoms with Crippen LogP contribution < -0.4 is 5.32 Å². The van der Waals surface area contributed by atoms with Gasteiger partial charge in [-0.2, -0.15) is 5.26 Å². The number of nitrogens with zero attached hydrogens (tertiary/aromatic N) is 1. The second-order valence-corrected chi connectivity index (χ2v) is 5.31. The zero-order valence-electron chi connectivity index (χ0n) is 10.6. The fourth-order valence-electron chi connectivity index (χ4n) is 2.19. The van der Waals surface area contributed by atoms with Gasteiger partial charge in [-0.25, -0.2) is 0 Å². The summed E-state index contributed by atoms with van der Waals surface area (Å²) in [7, 11) is 0. The molecule has 0 fully saturated rings. The van der Waals surface area contributed by atoms with E-state index in [1.807, 2.05) is 42.5 Å². The van der Waals surface area contributed by atoms with E-state index < -0.39 is 0 Å². The molecule has 0 unspecified atom stereocenters. The van der Waals surface area contributed by atoms with Gasteiger partial charge in [-0.05, 0) is 35.7 Å². The summed E-state index contributed by atoms with van der Waals surface area (Å²) in [4.78, 5) is 0. The van der Waals surface area contributed by atoms with Gasteiger partial charge in [0, 0.05) is 21.2 Å². The second kappa shape index (κ2) is 5.36. The minimum absolute atomic E-state index is 0.649. The molecule has 96 valence electrons. The van der Waals surface area contributed by atoms with Crippen LogP contribution in [-0.4, -0.2) is 0 Å². The third-order valence-electron chi connectivity index (χ3n) is 3.14. The number of benzene rings is 3. The molecular weight excluding hydrogens is 312 g/mol. The Kier molecular flexibility index (Phi) is 3.41. The summed E-state index contributed by atoms with van der Waals surface area (Å²) in [6.07, 6.45) is 0. The highest BCUT2D eigenvalue weighted by molar-refractivity contribution is 9.10. The van der Waals surface area contributed by atoms with E-state index in [1.165, 1.54) is 0 Å². The van der Waals surface area contributed by atoms with Crippen molar-refractivity contribution in [2.45, 2.75) is 0 Å². The molecule has 0 bridgehead atoms. The van der Waals surface area contributed by atoms with E-state index in [4.69, 9.17) is 5.26 Å². The van der Waals surface area contributed by atoms with E-state index >= 15 is 0 Å². The fraction of sp³-hybridized carbons (Fsp3) is 0. The summed E-state index contributed by atoms with van der Waals surface area (Å²) < 4.78 is 1.07. The predicted molar refractivity (Wildman–Crippen MR) is 86.1 cm³/mol. The fourth-order valence-corrected chi connectivity index (χ4v) is 2.67. The number of fused-ring (bicyclic) bond motifs is 1. The van der Waals surface area contributed by atoms with Crippen LogP contribution in [0, 0.1) is 11.3 Å². The molecule has 0 saturated carbocycles. The molecule has 3 heteroatoms. The maximum atomic E-state index is 8.95. The molecule has 0 aliphatic heterocycles. The van der Waals surface area contributed by atoms with Crippen LogP contribution in [0.1, 0.15) is 5.56 Å². The van der Waals surface area contributed by atoms with Crippen molar-refractivity contribution in [1.29, 1.82) is 5.26 Å². The smallest absolute Gasteiger partial charge is 0.0992 e. The zero-order valence-corrected chi connectivity index (χ0v) is 12.2. The molecule has 0 radical (unpaired) electrons. The number of nitriles is 1.